The van der Waals surface area contributed by atoms with Crippen LogP contribution in [0.15, 0.2) is 0 Å². The molecule has 92 valence electrons. The molecule has 1 heterocycles. The van der Waals surface area contributed by atoms with E-state index in [2.05, 4.69) is 0 Å². The Morgan fingerprint density at radius 1 is 1.07 bits per heavy atom. The second-order valence-electron chi connectivity index (χ2n) is 3.16. The number of hydrogen-bond donors (Lipinski definition) is 3. The molecule has 0 saturated carbocycles. The lowest BCUT2D eigenvalue weighted by Crippen LogP contribution is -2.57. The summed E-state index contributed by atoms with van der Waals surface area (Å²) in [6.07, 6.45) is -4.23. The van der Waals surface area contributed by atoms with Gasteiger partial charge in [-0.15, -0.1) is 0 Å². The van der Waals surface area contributed by atoms with Crippen molar-refractivity contribution in [3.8, 4) is 0 Å². The van der Waals surface area contributed by atoms with E-state index in [1.54, 1.807) is 0 Å². The van der Waals surface area contributed by atoms with E-state index >= 15 is 0 Å². The lowest BCUT2D eigenvalue weighted by Gasteiger charge is -2.39. The summed E-state index contributed by atoms with van der Waals surface area (Å²) in [6.45, 7) is 5.82. The van der Waals surface area contributed by atoms with Gasteiger partial charge in [0.25, 0.3) is 0 Å². The molecule has 0 spiro atoms. The fourth-order valence-corrected chi connectivity index (χ4v) is 1.45. The van der Waals surface area contributed by atoms with Gasteiger partial charge in [0.2, 0.25) is 0 Å². The van der Waals surface area contributed by atoms with Crippen molar-refractivity contribution in [3.05, 3.63) is 0 Å². The van der Waals surface area contributed by atoms with Gasteiger partial charge >= 0.3 is 0 Å². The van der Waals surface area contributed by atoms with Gasteiger partial charge in [0.1, 0.15) is 18.3 Å². The lowest BCUT2D eigenvalue weighted by molar-refractivity contribution is -0.290. The lowest BCUT2D eigenvalue weighted by atomic mass is 9.97. The highest BCUT2D eigenvalue weighted by Gasteiger charge is 2.42. The van der Waals surface area contributed by atoms with Gasteiger partial charge in [0.15, 0.2) is 6.29 Å². The molecule has 0 aromatic rings. The van der Waals surface area contributed by atoms with E-state index in [0.29, 0.717) is 6.42 Å². The molecule has 0 aromatic carbocycles. The predicted molar refractivity (Wildman–Crippen MR) is 55.3 cm³/mol. The second kappa shape index (κ2) is 7.14. The fraction of sp³-hybridized carbons (Fsp3) is 1.00. The van der Waals surface area contributed by atoms with Crippen LogP contribution in [-0.2, 0) is 9.47 Å². The third-order valence-corrected chi connectivity index (χ3v) is 2.30. The van der Waals surface area contributed by atoms with Crippen molar-refractivity contribution in [3.63, 3.8) is 0 Å². The van der Waals surface area contributed by atoms with Gasteiger partial charge in [0.05, 0.1) is 6.10 Å². The maximum Gasteiger partial charge on any atom is 0.186 e. The number of aliphatic hydroxyl groups is 3. The topological polar surface area (TPSA) is 79.2 Å². The maximum absolute atomic E-state index is 9.43. The zero-order chi connectivity index (χ0) is 12.0. The summed E-state index contributed by atoms with van der Waals surface area (Å²) in [4.78, 5) is 0. The normalized spacial score (nSPS) is 40.6. The smallest absolute Gasteiger partial charge is 0.186 e. The Labute approximate surface area is 90.6 Å². The van der Waals surface area contributed by atoms with Crippen molar-refractivity contribution >= 4 is 0 Å². The van der Waals surface area contributed by atoms with E-state index < -0.39 is 30.7 Å². The number of rotatable bonds is 2. The Kier molecular flexibility index (Phi) is 7.04. The molecule has 5 unspecified atom stereocenters. The zero-order valence-electron chi connectivity index (χ0n) is 9.75. The average molecular weight is 222 g/mol. The first-order valence-corrected chi connectivity index (χ1v) is 5.34. The molecule has 1 rings (SSSR count). The van der Waals surface area contributed by atoms with Gasteiger partial charge in [-0.25, -0.2) is 0 Å². The van der Waals surface area contributed by atoms with E-state index in [4.69, 9.17) is 9.47 Å². The van der Waals surface area contributed by atoms with Crippen LogP contribution in [0.25, 0.3) is 0 Å². The van der Waals surface area contributed by atoms with Gasteiger partial charge in [-0.3, -0.25) is 0 Å². The first kappa shape index (κ1) is 14.8. The van der Waals surface area contributed by atoms with Crippen LogP contribution < -0.4 is 0 Å². The van der Waals surface area contributed by atoms with Crippen LogP contribution in [-0.4, -0.2) is 53.1 Å². The molecule has 0 aromatic heterocycles. The number of methoxy groups -OCH3 is 1. The molecule has 5 heteroatoms. The highest BCUT2D eigenvalue weighted by molar-refractivity contribution is 4.88. The van der Waals surface area contributed by atoms with E-state index in [9.17, 15) is 15.3 Å². The van der Waals surface area contributed by atoms with Crippen LogP contribution >= 0.6 is 0 Å². The van der Waals surface area contributed by atoms with Crippen LogP contribution in [0.4, 0.5) is 0 Å². The maximum atomic E-state index is 9.43. The van der Waals surface area contributed by atoms with E-state index in [1.165, 1.54) is 7.11 Å². The number of hydrogen-bond acceptors (Lipinski definition) is 5. The third kappa shape index (κ3) is 3.39. The van der Waals surface area contributed by atoms with Crippen LogP contribution in [0, 0.1) is 0 Å². The van der Waals surface area contributed by atoms with E-state index in [1.807, 2.05) is 20.8 Å². The molecule has 0 radical (unpaired) electrons. The molecule has 0 bridgehead atoms. The van der Waals surface area contributed by atoms with Crippen molar-refractivity contribution in [2.24, 2.45) is 0 Å². The van der Waals surface area contributed by atoms with Crippen molar-refractivity contribution in [2.45, 2.75) is 57.9 Å². The summed E-state index contributed by atoms with van der Waals surface area (Å²) in [5, 5.41) is 28.2. The summed E-state index contributed by atoms with van der Waals surface area (Å²) in [7, 11) is 1.38. The molecular formula is C10H22O5. The summed E-state index contributed by atoms with van der Waals surface area (Å²) in [5.74, 6) is 0. The SMILES string of the molecule is CC.CCC1OC(OC)C(O)C(O)C1O. The van der Waals surface area contributed by atoms with Crippen LogP contribution in [0.5, 0.6) is 0 Å². The molecule has 3 N–H and O–H groups in total. The molecule has 1 aliphatic rings. The second-order valence-corrected chi connectivity index (χ2v) is 3.16. The minimum absolute atomic E-state index is 0.483. The summed E-state index contributed by atoms with van der Waals surface area (Å²) in [6, 6.07) is 0. The first-order chi connectivity index (χ1) is 7.11. The summed E-state index contributed by atoms with van der Waals surface area (Å²) < 4.78 is 10.0. The predicted octanol–water partition coefficient (Wildman–Crippen LogP) is -0.123. The summed E-state index contributed by atoms with van der Waals surface area (Å²) in [5.41, 5.74) is 0. The fourth-order valence-electron chi connectivity index (χ4n) is 1.45. The quantitative estimate of drug-likeness (QED) is 0.607. The number of ether oxygens (including phenoxy) is 2. The Morgan fingerprint density at radius 2 is 1.60 bits per heavy atom. The van der Waals surface area contributed by atoms with Crippen LogP contribution in [0.3, 0.4) is 0 Å². The molecule has 5 nitrogen and oxygen atoms in total. The van der Waals surface area contributed by atoms with Crippen LogP contribution in [0.1, 0.15) is 27.2 Å². The Balaban J connectivity index is 0.000000921. The standard InChI is InChI=1S/C8H16O5.C2H6/c1-3-4-5(9)6(10)7(11)8(12-2)13-4;1-2/h4-11H,3H2,1-2H3;1-2H3. The molecule has 0 aliphatic carbocycles. The van der Waals surface area contributed by atoms with Gasteiger partial charge in [-0.1, -0.05) is 20.8 Å². The van der Waals surface area contributed by atoms with Crippen molar-refractivity contribution in [2.75, 3.05) is 7.11 Å². The molecule has 5 atom stereocenters. The molecule has 1 aliphatic heterocycles. The highest BCUT2D eigenvalue weighted by atomic mass is 16.7. The molecular weight excluding hydrogens is 200 g/mol. The molecule has 0 amide bonds. The minimum Gasteiger partial charge on any atom is -0.388 e. The van der Waals surface area contributed by atoms with Gasteiger partial charge in [0, 0.05) is 7.11 Å². The van der Waals surface area contributed by atoms with Gasteiger partial charge in [-0.05, 0) is 6.42 Å². The van der Waals surface area contributed by atoms with Crippen molar-refractivity contribution in [1.82, 2.24) is 0 Å². The zero-order valence-corrected chi connectivity index (χ0v) is 9.75. The molecule has 1 saturated heterocycles. The first-order valence-electron chi connectivity index (χ1n) is 5.34. The highest BCUT2D eigenvalue weighted by Crippen LogP contribution is 2.23. The van der Waals surface area contributed by atoms with E-state index in [0.717, 1.165) is 0 Å². The Morgan fingerprint density at radius 3 is 2.00 bits per heavy atom. The molecule has 15 heavy (non-hydrogen) atoms. The molecule has 1 fully saturated rings. The van der Waals surface area contributed by atoms with E-state index in [-0.39, 0.29) is 0 Å². The van der Waals surface area contributed by atoms with Gasteiger partial charge in [-0.2, -0.15) is 0 Å². The van der Waals surface area contributed by atoms with Crippen molar-refractivity contribution < 1.29 is 24.8 Å². The minimum atomic E-state index is -1.20. The van der Waals surface area contributed by atoms with Crippen LogP contribution in [0.2, 0.25) is 0 Å². The summed E-state index contributed by atoms with van der Waals surface area (Å²) >= 11 is 0. The monoisotopic (exact) mass is 222 g/mol. The Hall–Kier alpha value is -0.200. The third-order valence-electron chi connectivity index (χ3n) is 2.30. The number of aliphatic hydroxyl groups excluding tert-OH is 3. The van der Waals surface area contributed by atoms with Gasteiger partial charge < -0.3 is 24.8 Å². The average Bonchev–Trinajstić information content (AvgIpc) is 2.29. The van der Waals surface area contributed by atoms with Crippen molar-refractivity contribution in [1.29, 1.82) is 0 Å². The Bertz CT molecular complexity index is 144. The largest absolute Gasteiger partial charge is 0.388 e.